The summed E-state index contributed by atoms with van der Waals surface area (Å²) in [4.78, 5) is 10.4. The number of para-hydroxylation sites is 1. The lowest BCUT2D eigenvalue weighted by Gasteiger charge is -2.07. The third-order valence-corrected chi connectivity index (χ3v) is 2.69. The number of hydrogen-bond acceptors (Lipinski definition) is 5. The van der Waals surface area contributed by atoms with Crippen LogP contribution in [-0.4, -0.2) is 15.1 Å². The summed E-state index contributed by atoms with van der Waals surface area (Å²) in [5.41, 5.74) is 6.53. The van der Waals surface area contributed by atoms with Crippen molar-refractivity contribution in [3.05, 3.63) is 45.1 Å². The molecule has 4 N–H and O–H groups in total. The molecule has 0 amide bonds. The summed E-state index contributed by atoms with van der Waals surface area (Å²) in [5.74, 6) is 0.423. The van der Waals surface area contributed by atoms with E-state index in [1.54, 1.807) is 18.3 Å². The fourth-order valence-corrected chi connectivity index (χ4v) is 1.74. The van der Waals surface area contributed by atoms with Gasteiger partial charge in [0.2, 0.25) is 0 Å². The second kappa shape index (κ2) is 4.92. The van der Waals surface area contributed by atoms with Gasteiger partial charge in [-0.3, -0.25) is 15.2 Å². The molecule has 1 aromatic carbocycles. The molecular formula is C10H10ClN5O2. The number of benzene rings is 1. The number of nitro groups is 1. The normalized spacial score (nSPS) is 10.3. The van der Waals surface area contributed by atoms with E-state index >= 15 is 0 Å². The Morgan fingerprint density at radius 2 is 2.33 bits per heavy atom. The predicted octanol–water partition coefficient (Wildman–Crippen LogP) is 2.17. The molecule has 0 aliphatic heterocycles. The van der Waals surface area contributed by atoms with Crippen LogP contribution in [0.25, 0.3) is 0 Å². The molecule has 18 heavy (non-hydrogen) atoms. The zero-order valence-corrected chi connectivity index (χ0v) is 9.94. The van der Waals surface area contributed by atoms with E-state index in [0.29, 0.717) is 18.1 Å². The van der Waals surface area contributed by atoms with E-state index in [1.165, 1.54) is 6.07 Å². The molecule has 0 atom stereocenters. The van der Waals surface area contributed by atoms with Crippen molar-refractivity contribution in [2.45, 2.75) is 6.54 Å². The third-order valence-electron chi connectivity index (χ3n) is 2.39. The summed E-state index contributed by atoms with van der Waals surface area (Å²) >= 11 is 5.79. The van der Waals surface area contributed by atoms with Crippen molar-refractivity contribution in [1.82, 2.24) is 10.2 Å². The number of aromatic amines is 1. The molecule has 0 unspecified atom stereocenters. The molecule has 0 aliphatic carbocycles. The first-order valence-corrected chi connectivity index (χ1v) is 5.42. The molecule has 94 valence electrons. The molecule has 0 spiro atoms. The van der Waals surface area contributed by atoms with Crippen molar-refractivity contribution in [3.63, 3.8) is 0 Å². The molecule has 2 aromatic rings. The van der Waals surface area contributed by atoms with Gasteiger partial charge in [0.15, 0.2) is 0 Å². The Kier molecular flexibility index (Phi) is 3.33. The van der Waals surface area contributed by atoms with Crippen molar-refractivity contribution < 1.29 is 4.92 Å². The van der Waals surface area contributed by atoms with Crippen molar-refractivity contribution in [1.29, 1.82) is 0 Å². The molecular weight excluding hydrogens is 258 g/mol. The van der Waals surface area contributed by atoms with Gasteiger partial charge >= 0.3 is 5.69 Å². The van der Waals surface area contributed by atoms with Crippen LogP contribution >= 0.6 is 11.6 Å². The van der Waals surface area contributed by atoms with E-state index in [9.17, 15) is 10.1 Å². The number of aromatic nitrogens is 2. The zero-order chi connectivity index (χ0) is 13.1. The maximum Gasteiger partial charge on any atom is 0.310 e. The number of nitrogens with zero attached hydrogens (tertiary/aromatic N) is 2. The minimum atomic E-state index is -0.524. The average molecular weight is 268 g/mol. The number of rotatable bonds is 4. The van der Waals surface area contributed by atoms with Crippen molar-refractivity contribution in [2.24, 2.45) is 0 Å². The largest absolute Gasteiger partial charge is 0.384 e. The highest BCUT2D eigenvalue weighted by atomic mass is 35.5. The fraction of sp³-hybridized carbons (Fsp3) is 0.100. The molecule has 0 radical (unpaired) electrons. The maximum atomic E-state index is 10.9. The molecule has 2 rings (SSSR count). The minimum Gasteiger partial charge on any atom is -0.384 e. The molecule has 7 nitrogen and oxygen atoms in total. The molecule has 8 heteroatoms. The molecule has 0 bridgehead atoms. The second-order valence-corrected chi connectivity index (χ2v) is 3.96. The fourth-order valence-electron chi connectivity index (χ4n) is 1.50. The van der Waals surface area contributed by atoms with Crippen LogP contribution in [0, 0.1) is 10.1 Å². The standard InChI is InChI=1S/C10H10ClN5O2/c11-7-2-1-3-8(9(7)16(17)18)13-4-6-5-14-15-10(6)12/h1-3,5,13H,4H2,(H3,12,14,15). The summed E-state index contributed by atoms with van der Waals surface area (Å²) in [6, 6.07) is 4.69. The van der Waals surface area contributed by atoms with E-state index in [-0.39, 0.29) is 10.7 Å². The summed E-state index contributed by atoms with van der Waals surface area (Å²) < 4.78 is 0. The Balaban J connectivity index is 2.22. The molecule has 0 saturated heterocycles. The van der Waals surface area contributed by atoms with E-state index < -0.39 is 4.92 Å². The van der Waals surface area contributed by atoms with Gasteiger partial charge < -0.3 is 11.1 Å². The first-order valence-electron chi connectivity index (χ1n) is 5.04. The van der Waals surface area contributed by atoms with Gasteiger partial charge in [0.05, 0.1) is 11.1 Å². The number of nitrogens with one attached hydrogen (secondary N) is 2. The highest BCUT2D eigenvalue weighted by Crippen LogP contribution is 2.32. The van der Waals surface area contributed by atoms with Crippen LogP contribution in [-0.2, 0) is 6.54 Å². The average Bonchev–Trinajstić information content (AvgIpc) is 2.71. The molecule has 1 heterocycles. The van der Waals surface area contributed by atoms with E-state index in [1.807, 2.05) is 0 Å². The quantitative estimate of drug-likeness (QED) is 0.581. The topological polar surface area (TPSA) is 110 Å². The van der Waals surface area contributed by atoms with Gasteiger partial charge in [-0.05, 0) is 12.1 Å². The van der Waals surface area contributed by atoms with Gasteiger partial charge in [-0.1, -0.05) is 17.7 Å². The highest BCUT2D eigenvalue weighted by molar-refractivity contribution is 6.33. The number of nitrogens with two attached hydrogens (primary N) is 1. The van der Waals surface area contributed by atoms with Crippen LogP contribution in [0.3, 0.4) is 0 Å². The number of nitrogen functional groups attached to an aromatic ring is 1. The van der Waals surface area contributed by atoms with E-state index in [0.717, 1.165) is 5.56 Å². The van der Waals surface area contributed by atoms with Gasteiger partial charge in [-0.15, -0.1) is 0 Å². The molecule has 1 aromatic heterocycles. The lowest BCUT2D eigenvalue weighted by atomic mass is 10.2. The number of hydrogen-bond donors (Lipinski definition) is 3. The summed E-state index contributed by atoms with van der Waals surface area (Å²) in [5, 5.41) is 20.3. The number of anilines is 2. The summed E-state index contributed by atoms with van der Waals surface area (Å²) in [7, 11) is 0. The number of H-pyrrole nitrogens is 1. The van der Waals surface area contributed by atoms with E-state index in [4.69, 9.17) is 17.3 Å². The Hall–Kier alpha value is -2.28. The Morgan fingerprint density at radius 1 is 1.56 bits per heavy atom. The van der Waals surface area contributed by atoms with E-state index in [2.05, 4.69) is 15.5 Å². The van der Waals surface area contributed by atoms with Crippen molar-refractivity contribution in [2.75, 3.05) is 11.1 Å². The minimum absolute atomic E-state index is 0.0881. The van der Waals surface area contributed by atoms with Gasteiger partial charge in [-0.2, -0.15) is 5.10 Å². The Labute approximate surface area is 107 Å². The van der Waals surface area contributed by atoms with Gasteiger partial charge in [0, 0.05) is 12.1 Å². The van der Waals surface area contributed by atoms with Crippen molar-refractivity contribution >= 4 is 28.8 Å². The first-order chi connectivity index (χ1) is 8.59. The van der Waals surface area contributed by atoms with Gasteiger partial charge in [0.25, 0.3) is 0 Å². The Bertz CT molecular complexity index is 583. The predicted molar refractivity (Wildman–Crippen MR) is 68.4 cm³/mol. The monoisotopic (exact) mass is 267 g/mol. The first kappa shape index (κ1) is 12.2. The molecule has 0 saturated carbocycles. The third kappa shape index (κ3) is 2.35. The van der Waals surface area contributed by atoms with Gasteiger partial charge in [-0.25, -0.2) is 0 Å². The van der Waals surface area contributed by atoms with Crippen LogP contribution < -0.4 is 11.1 Å². The summed E-state index contributed by atoms with van der Waals surface area (Å²) in [6.45, 7) is 0.323. The van der Waals surface area contributed by atoms with Gasteiger partial charge in [0.1, 0.15) is 16.5 Å². The van der Waals surface area contributed by atoms with Crippen molar-refractivity contribution in [3.8, 4) is 0 Å². The second-order valence-electron chi connectivity index (χ2n) is 3.56. The number of halogens is 1. The van der Waals surface area contributed by atoms with Crippen LogP contribution in [0.5, 0.6) is 0 Å². The summed E-state index contributed by atoms with van der Waals surface area (Å²) in [6.07, 6.45) is 1.55. The highest BCUT2D eigenvalue weighted by Gasteiger charge is 2.18. The SMILES string of the molecule is Nc1[nH]ncc1CNc1cccc(Cl)c1[N+](=O)[O-]. The zero-order valence-electron chi connectivity index (χ0n) is 9.18. The van der Waals surface area contributed by atoms with Crippen LogP contribution in [0.4, 0.5) is 17.2 Å². The number of nitro benzene ring substituents is 1. The van der Waals surface area contributed by atoms with Crippen LogP contribution in [0.2, 0.25) is 5.02 Å². The van der Waals surface area contributed by atoms with Crippen LogP contribution in [0.1, 0.15) is 5.56 Å². The lowest BCUT2D eigenvalue weighted by Crippen LogP contribution is -2.04. The smallest absolute Gasteiger partial charge is 0.310 e. The molecule has 0 fully saturated rings. The molecule has 0 aliphatic rings. The Morgan fingerprint density at radius 3 is 2.94 bits per heavy atom. The maximum absolute atomic E-state index is 10.9. The lowest BCUT2D eigenvalue weighted by molar-refractivity contribution is -0.383. The van der Waals surface area contributed by atoms with Crippen LogP contribution in [0.15, 0.2) is 24.4 Å².